The van der Waals surface area contributed by atoms with Gasteiger partial charge in [-0.15, -0.1) is 11.8 Å². The van der Waals surface area contributed by atoms with E-state index in [1.807, 2.05) is 48.5 Å². The minimum atomic E-state index is -0.599. The second kappa shape index (κ2) is 7.94. The molecule has 0 aromatic heterocycles. The molecule has 3 heterocycles. The molecule has 1 amide bonds. The van der Waals surface area contributed by atoms with Gasteiger partial charge >= 0.3 is 5.97 Å². The number of methoxy groups -OCH3 is 1. The number of ether oxygens (including phenoxy) is 3. The van der Waals surface area contributed by atoms with E-state index < -0.39 is 12.0 Å². The maximum Gasteiger partial charge on any atom is 0.355 e. The lowest BCUT2D eigenvalue weighted by Gasteiger charge is -2.48. The summed E-state index contributed by atoms with van der Waals surface area (Å²) >= 11 is 1.56. The molecule has 0 bridgehead atoms. The number of hydrogen-bond acceptors (Lipinski definition) is 7. The van der Waals surface area contributed by atoms with Crippen LogP contribution in [0.2, 0.25) is 0 Å². The third-order valence-electron chi connectivity index (χ3n) is 5.80. The standard InChI is InChI=1S/C23H22N2O5S/c1-28-15-8-6-13(7-9-15)11-29-23(27)20-16(12-31-22-19(24)21(26)25(20)22)18-10-14-4-2-3-5-17(14)30-18/h2-9,18-19,22H,10-12,24H2,1H3/t18-,19-,22-/m1/s1. The molecule has 31 heavy (non-hydrogen) atoms. The number of carbonyl (C=O) groups is 2. The third kappa shape index (κ3) is 3.45. The molecule has 0 spiro atoms. The first-order valence-electron chi connectivity index (χ1n) is 10.0. The number of rotatable bonds is 5. The van der Waals surface area contributed by atoms with Crippen molar-refractivity contribution in [2.45, 2.75) is 30.5 Å². The molecule has 0 unspecified atom stereocenters. The van der Waals surface area contributed by atoms with Crippen LogP contribution in [0, 0.1) is 0 Å². The average molecular weight is 439 g/mol. The summed E-state index contributed by atoms with van der Waals surface area (Å²) in [6, 6.07) is 14.5. The lowest BCUT2D eigenvalue weighted by Crippen LogP contribution is -2.68. The topological polar surface area (TPSA) is 91.1 Å². The van der Waals surface area contributed by atoms with Crippen LogP contribution in [0.25, 0.3) is 0 Å². The van der Waals surface area contributed by atoms with Crippen LogP contribution in [-0.4, -0.2) is 47.2 Å². The molecular weight excluding hydrogens is 416 g/mol. The molecule has 3 aliphatic heterocycles. The van der Waals surface area contributed by atoms with Gasteiger partial charge in [-0.3, -0.25) is 9.69 Å². The molecule has 0 aliphatic carbocycles. The number of nitrogens with zero attached hydrogens (tertiary/aromatic N) is 1. The maximum absolute atomic E-state index is 13.2. The molecule has 0 saturated carbocycles. The molecule has 3 atom stereocenters. The third-order valence-corrected chi connectivity index (χ3v) is 7.12. The summed E-state index contributed by atoms with van der Waals surface area (Å²) in [5.41, 5.74) is 8.94. The number of carbonyl (C=O) groups excluding carboxylic acids is 2. The van der Waals surface area contributed by atoms with Crippen molar-refractivity contribution in [3.8, 4) is 11.5 Å². The number of esters is 1. The Morgan fingerprint density at radius 3 is 2.74 bits per heavy atom. The number of β-lactam (4-membered cyclic amide) rings is 1. The molecule has 2 N–H and O–H groups in total. The molecule has 2 aromatic rings. The van der Waals surface area contributed by atoms with Gasteiger partial charge in [-0.05, 0) is 29.3 Å². The summed E-state index contributed by atoms with van der Waals surface area (Å²) < 4.78 is 16.9. The molecule has 7 nitrogen and oxygen atoms in total. The van der Waals surface area contributed by atoms with Crippen LogP contribution in [0.3, 0.4) is 0 Å². The van der Waals surface area contributed by atoms with Crippen molar-refractivity contribution in [1.29, 1.82) is 0 Å². The predicted octanol–water partition coefficient (Wildman–Crippen LogP) is 2.24. The molecule has 8 heteroatoms. The van der Waals surface area contributed by atoms with Crippen LogP contribution in [-0.2, 0) is 27.4 Å². The largest absolute Gasteiger partial charge is 0.497 e. The van der Waals surface area contributed by atoms with Gasteiger partial charge in [0.05, 0.1) is 7.11 Å². The quantitative estimate of drug-likeness (QED) is 0.565. The van der Waals surface area contributed by atoms with Crippen LogP contribution in [0.4, 0.5) is 0 Å². The number of fused-ring (bicyclic) bond motifs is 2. The normalized spacial score (nSPS) is 24.1. The van der Waals surface area contributed by atoms with Gasteiger partial charge in [0.2, 0.25) is 5.91 Å². The van der Waals surface area contributed by atoms with E-state index in [0.717, 1.165) is 28.2 Å². The summed E-state index contributed by atoms with van der Waals surface area (Å²) in [4.78, 5) is 27.2. The Balaban J connectivity index is 1.41. The lowest BCUT2D eigenvalue weighted by molar-refractivity contribution is -0.151. The second-order valence-corrected chi connectivity index (χ2v) is 8.76. The van der Waals surface area contributed by atoms with Gasteiger partial charge in [-0.2, -0.15) is 0 Å². The van der Waals surface area contributed by atoms with E-state index in [1.54, 1.807) is 18.9 Å². The molecule has 1 saturated heterocycles. The Labute approximate surface area is 184 Å². The number of para-hydroxylation sites is 1. The van der Waals surface area contributed by atoms with Crippen LogP contribution < -0.4 is 15.2 Å². The summed E-state index contributed by atoms with van der Waals surface area (Å²) in [5, 5.41) is -0.247. The van der Waals surface area contributed by atoms with E-state index in [-0.39, 0.29) is 29.7 Å². The fraction of sp³-hybridized carbons (Fsp3) is 0.304. The van der Waals surface area contributed by atoms with Crippen molar-refractivity contribution in [2.24, 2.45) is 5.73 Å². The minimum Gasteiger partial charge on any atom is -0.497 e. The van der Waals surface area contributed by atoms with Gasteiger partial charge in [0.25, 0.3) is 0 Å². The Bertz CT molecular complexity index is 1040. The highest BCUT2D eigenvalue weighted by molar-refractivity contribution is 8.00. The van der Waals surface area contributed by atoms with E-state index in [1.165, 1.54) is 4.90 Å². The van der Waals surface area contributed by atoms with Gasteiger partial charge in [0.1, 0.15) is 41.3 Å². The first kappa shape index (κ1) is 20.0. The van der Waals surface area contributed by atoms with Gasteiger partial charge in [-0.1, -0.05) is 30.3 Å². The van der Waals surface area contributed by atoms with Gasteiger partial charge in [-0.25, -0.2) is 4.79 Å². The zero-order chi connectivity index (χ0) is 21.5. The SMILES string of the molecule is COc1ccc(COC(=O)C2=C([C@H]3Cc4ccccc4O3)CS[C@@H]3[C@H](N)C(=O)N23)cc1. The second-order valence-electron chi connectivity index (χ2n) is 7.65. The van der Waals surface area contributed by atoms with Crippen molar-refractivity contribution in [3.63, 3.8) is 0 Å². The van der Waals surface area contributed by atoms with E-state index in [0.29, 0.717) is 12.2 Å². The fourth-order valence-corrected chi connectivity index (χ4v) is 5.45. The van der Waals surface area contributed by atoms with Crippen molar-refractivity contribution >= 4 is 23.6 Å². The number of hydrogen-bond donors (Lipinski definition) is 1. The van der Waals surface area contributed by atoms with Crippen LogP contribution in [0.5, 0.6) is 11.5 Å². The van der Waals surface area contributed by atoms with Crippen molar-refractivity contribution in [1.82, 2.24) is 4.90 Å². The van der Waals surface area contributed by atoms with Crippen molar-refractivity contribution < 1.29 is 23.8 Å². The van der Waals surface area contributed by atoms with Gasteiger partial charge in [0, 0.05) is 17.7 Å². The highest BCUT2D eigenvalue weighted by Crippen LogP contribution is 2.43. The van der Waals surface area contributed by atoms with Gasteiger partial charge in [0.15, 0.2) is 0 Å². The summed E-state index contributed by atoms with van der Waals surface area (Å²) in [7, 11) is 1.60. The monoisotopic (exact) mass is 438 g/mol. The smallest absolute Gasteiger partial charge is 0.355 e. The summed E-state index contributed by atoms with van der Waals surface area (Å²) in [6.45, 7) is 0.0945. The Kier molecular flexibility index (Phi) is 5.11. The Morgan fingerprint density at radius 2 is 2.00 bits per heavy atom. The summed E-state index contributed by atoms with van der Waals surface area (Å²) in [5.74, 6) is 1.31. The molecule has 5 rings (SSSR count). The van der Waals surface area contributed by atoms with E-state index >= 15 is 0 Å². The lowest BCUT2D eigenvalue weighted by atomic mass is 9.98. The summed E-state index contributed by atoms with van der Waals surface area (Å²) in [6.07, 6.45) is 0.346. The molecule has 3 aliphatic rings. The average Bonchev–Trinajstić information content (AvgIpc) is 3.25. The van der Waals surface area contributed by atoms with Crippen LogP contribution in [0.15, 0.2) is 59.8 Å². The first-order chi connectivity index (χ1) is 15.1. The first-order valence-corrected chi connectivity index (χ1v) is 11.1. The van der Waals surface area contributed by atoms with Crippen molar-refractivity contribution in [2.75, 3.05) is 12.9 Å². The Morgan fingerprint density at radius 1 is 1.23 bits per heavy atom. The number of thioether (sulfide) groups is 1. The molecule has 160 valence electrons. The number of benzene rings is 2. The zero-order valence-electron chi connectivity index (χ0n) is 16.9. The maximum atomic E-state index is 13.2. The fourth-order valence-electron chi connectivity index (χ4n) is 4.09. The van der Waals surface area contributed by atoms with Crippen LogP contribution >= 0.6 is 11.8 Å². The van der Waals surface area contributed by atoms with E-state index in [2.05, 4.69) is 0 Å². The molecular formula is C23H22N2O5S. The number of nitrogens with two attached hydrogens (primary N) is 1. The molecule has 2 aromatic carbocycles. The van der Waals surface area contributed by atoms with Crippen LogP contribution in [0.1, 0.15) is 11.1 Å². The zero-order valence-corrected chi connectivity index (χ0v) is 17.8. The highest BCUT2D eigenvalue weighted by Gasteiger charge is 2.53. The minimum absolute atomic E-state index is 0.0945. The van der Waals surface area contributed by atoms with E-state index in [4.69, 9.17) is 19.9 Å². The van der Waals surface area contributed by atoms with Crippen molar-refractivity contribution in [3.05, 3.63) is 70.9 Å². The molecule has 1 fully saturated rings. The Hall–Kier alpha value is -2.97. The van der Waals surface area contributed by atoms with Gasteiger partial charge < -0.3 is 19.9 Å². The number of amides is 1. The highest BCUT2D eigenvalue weighted by atomic mass is 32.2. The molecule has 0 radical (unpaired) electrons. The predicted molar refractivity (Wildman–Crippen MR) is 115 cm³/mol. The van der Waals surface area contributed by atoms with E-state index in [9.17, 15) is 9.59 Å².